The van der Waals surface area contributed by atoms with Gasteiger partial charge in [0.25, 0.3) is 10.2 Å². The van der Waals surface area contributed by atoms with Crippen molar-refractivity contribution in [2.24, 2.45) is 11.8 Å². The normalized spacial score (nSPS) is 30.6. The van der Waals surface area contributed by atoms with Gasteiger partial charge < -0.3 is 5.32 Å². The summed E-state index contributed by atoms with van der Waals surface area (Å²) in [5, 5.41) is 3.54. The predicted octanol–water partition coefficient (Wildman–Crippen LogP) is 1.67. The first kappa shape index (κ1) is 17.2. The zero-order valence-electron chi connectivity index (χ0n) is 13.7. The highest BCUT2D eigenvalue weighted by Gasteiger charge is 2.36. The molecule has 0 radical (unpaired) electrons. The maximum atomic E-state index is 12.7. The third kappa shape index (κ3) is 4.18. The molecule has 0 amide bonds. The van der Waals surface area contributed by atoms with Crippen LogP contribution in [0.1, 0.15) is 46.5 Å². The third-order valence-corrected chi connectivity index (χ3v) is 6.92. The molecule has 124 valence electrons. The molecular weight excluding hydrogens is 286 g/mol. The molecule has 0 aromatic heterocycles. The van der Waals surface area contributed by atoms with Crippen LogP contribution < -0.4 is 5.32 Å². The second kappa shape index (κ2) is 7.40. The SMILES string of the molecule is CCCNC1CCN(S(=O)(=O)N2CCC(C)CC2)CC1C. The number of piperidine rings is 2. The van der Waals surface area contributed by atoms with Crippen LogP contribution in [-0.4, -0.2) is 55.8 Å². The Morgan fingerprint density at radius 1 is 1.05 bits per heavy atom. The van der Waals surface area contributed by atoms with E-state index in [9.17, 15) is 8.42 Å². The van der Waals surface area contributed by atoms with E-state index in [1.54, 1.807) is 8.61 Å². The molecule has 21 heavy (non-hydrogen) atoms. The van der Waals surface area contributed by atoms with E-state index in [1.807, 2.05) is 0 Å². The maximum Gasteiger partial charge on any atom is 0.281 e. The van der Waals surface area contributed by atoms with Crippen molar-refractivity contribution in [3.8, 4) is 0 Å². The van der Waals surface area contributed by atoms with E-state index < -0.39 is 10.2 Å². The van der Waals surface area contributed by atoms with Gasteiger partial charge in [0.2, 0.25) is 0 Å². The molecule has 6 heteroatoms. The van der Waals surface area contributed by atoms with Gasteiger partial charge in [-0.3, -0.25) is 0 Å². The van der Waals surface area contributed by atoms with Gasteiger partial charge in [0, 0.05) is 32.2 Å². The molecule has 2 atom stereocenters. The van der Waals surface area contributed by atoms with E-state index in [4.69, 9.17) is 0 Å². The fourth-order valence-electron chi connectivity index (χ4n) is 3.33. The molecule has 0 spiro atoms. The van der Waals surface area contributed by atoms with Crippen LogP contribution in [0, 0.1) is 11.8 Å². The fourth-order valence-corrected chi connectivity index (χ4v) is 5.09. The number of nitrogens with zero attached hydrogens (tertiary/aromatic N) is 2. The molecule has 2 fully saturated rings. The van der Waals surface area contributed by atoms with Crippen LogP contribution in [0.2, 0.25) is 0 Å². The van der Waals surface area contributed by atoms with Crippen molar-refractivity contribution < 1.29 is 8.42 Å². The zero-order chi connectivity index (χ0) is 15.5. The Bertz CT molecular complexity index is 419. The van der Waals surface area contributed by atoms with E-state index in [0.717, 1.165) is 32.2 Å². The lowest BCUT2D eigenvalue weighted by Crippen LogP contribution is -2.54. The zero-order valence-corrected chi connectivity index (χ0v) is 14.5. The van der Waals surface area contributed by atoms with Crippen LogP contribution in [-0.2, 0) is 10.2 Å². The minimum absolute atomic E-state index is 0.379. The molecule has 5 nitrogen and oxygen atoms in total. The summed E-state index contributed by atoms with van der Waals surface area (Å²) in [6.07, 6.45) is 4.02. The van der Waals surface area contributed by atoms with Gasteiger partial charge in [-0.25, -0.2) is 0 Å². The molecule has 0 bridgehead atoms. The molecule has 2 aliphatic rings. The van der Waals surface area contributed by atoms with Crippen molar-refractivity contribution in [2.45, 2.75) is 52.5 Å². The highest BCUT2D eigenvalue weighted by Crippen LogP contribution is 2.25. The van der Waals surface area contributed by atoms with E-state index in [2.05, 4.69) is 26.1 Å². The summed E-state index contributed by atoms with van der Waals surface area (Å²) in [5.74, 6) is 1.03. The maximum absolute atomic E-state index is 12.7. The topological polar surface area (TPSA) is 52.7 Å². The van der Waals surface area contributed by atoms with E-state index in [1.165, 1.54) is 0 Å². The van der Waals surface area contributed by atoms with Gasteiger partial charge in [0.15, 0.2) is 0 Å². The van der Waals surface area contributed by atoms with Crippen LogP contribution in [0.4, 0.5) is 0 Å². The second-order valence-corrected chi connectivity index (χ2v) is 8.70. The lowest BCUT2D eigenvalue weighted by atomic mass is 9.95. The lowest BCUT2D eigenvalue weighted by molar-refractivity contribution is 0.199. The van der Waals surface area contributed by atoms with Crippen molar-refractivity contribution in [1.29, 1.82) is 0 Å². The first-order chi connectivity index (χ1) is 9.95. The molecule has 0 saturated carbocycles. The van der Waals surface area contributed by atoms with Crippen molar-refractivity contribution in [2.75, 3.05) is 32.7 Å². The van der Waals surface area contributed by atoms with Crippen LogP contribution in [0.5, 0.6) is 0 Å². The summed E-state index contributed by atoms with van der Waals surface area (Å²) in [6.45, 7) is 10.2. The standard InChI is InChI=1S/C15H31N3O2S/c1-4-8-16-15-7-11-18(12-14(15)3)21(19,20)17-9-5-13(2)6-10-17/h13-16H,4-12H2,1-3H3. The monoisotopic (exact) mass is 317 g/mol. The summed E-state index contributed by atoms with van der Waals surface area (Å²) < 4.78 is 28.9. The van der Waals surface area contributed by atoms with Crippen molar-refractivity contribution in [3.05, 3.63) is 0 Å². The molecule has 1 N–H and O–H groups in total. The molecule has 0 aliphatic carbocycles. The molecule has 2 unspecified atom stereocenters. The van der Waals surface area contributed by atoms with Gasteiger partial charge >= 0.3 is 0 Å². The largest absolute Gasteiger partial charge is 0.314 e. The lowest BCUT2D eigenvalue weighted by Gasteiger charge is -2.40. The smallest absolute Gasteiger partial charge is 0.281 e. The Morgan fingerprint density at radius 2 is 1.67 bits per heavy atom. The van der Waals surface area contributed by atoms with E-state index in [-0.39, 0.29) is 0 Å². The van der Waals surface area contributed by atoms with E-state index >= 15 is 0 Å². The molecular formula is C15H31N3O2S. The Balaban J connectivity index is 1.93. The molecule has 2 aliphatic heterocycles. The Morgan fingerprint density at radius 3 is 2.24 bits per heavy atom. The molecule has 0 aromatic rings. The average Bonchev–Trinajstić information content (AvgIpc) is 2.46. The van der Waals surface area contributed by atoms with Gasteiger partial charge in [-0.05, 0) is 44.1 Å². The number of nitrogens with one attached hydrogen (secondary N) is 1. The first-order valence-electron chi connectivity index (χ1n) is 8.43. The van der Waals surface area contributed by atoms with Crippen LogP contribution in [0.25, 0.3) is 0 Å². The average molecular weight is 317 g/mol. The van der Waals surface area contributed by atoms with E-state index in [0.29, 0.717) is 44.1 Å². The Labute approximate surface area is 130 Å². The van der Waals surface area contributed by atoms with Gasteiger partial charge in [-0.15, -0.1) is 0 Å². The Kier molecular flexibility index (Phi) is 6.05. The fraction of sp³-hybridized carbons (Fsp3) is 1.00. The molecule has 0 aromatic carbocycles. The van der Waals surface area contributed by atoms with Gasteiger partial charge in [0.1, 0.15) is 0 Å². The summed E-state index contributed by atoms with van der Waals surface area (Å²) in [5.41, 5.74) is 0. The minimum atomic E-state index is -3.25. The highest BCUT2D eigenvalue weighted by atomic mass is 32.2. The first-order valence-corrected chi connectivity index (χ1v) is 9.83. The quantitative estimate of drug-likeness (QED) is 0.839. The molecule has 2 heterocycles. The summed E-state index contributed by atoms with van der Waals surface area (Å²) in [6, 6.07) is 0.456. The number of rotatable bonds is 5. The van der Waals surface area contributed by atoms with Crippen LogP contribution in [0.3, 0.4) is 0 Å². The van der Waals surface area contributed by atoms with Crippen molar-refractivity contribution >= 4 is 10.2 Å². The molecule has 2 saturated heterocycles. The van der Waals surface area contributed by atoms with Crippen LogP contribution >= 0.6 is 0 Å². The molecule has 2 rings (SSSR count). The summed E-state index contributed by atoms with van der Waals surface area (Å²) >= 11 is 0. The number of hydrogen-bond donors (Lipinski definition) is 1. The van der Waals surface area contributed by atoms with Crippen molar-refractivity contribution in [1.82, 2.24) is 13.9 Å². The van der Waals surface area contributed by atoms with Gasteiger partial charge in [0.05, 0.1) is 0 Å². The number of hydrogen-bond acceptors (Lipinski definition) is 3. The third-order valence-electron chi connectivity index (χ3n) is 4.92. The van der Waals surface area contributed by atoms with Gasteiger partial charge in [-0.2, -0.15) is 17.0 Å². The second-order valence-electron chi connectivity index (χ2n) is 6.77. The summed E-state index contributed by atoms with van der Waals surface area (Å²) in [4.78, 5) is 0. The minimum Gasteiger partial charge on any atom is -0.314 e. The van der Waals surface area contributed by atoms with Crippen molar-refractivity contribution in [3.63, 3.8) is 0 Å². The predicted molar refractivity (Wildman–Crippen MR) is 86.3 cm³/mol. The highest BCUT2D eigenvalue weighted by molar-refractivity contribution is 7.86. The van der Waals surface area contributed by atoms with Crippen LogP contribution in [0.15, 0.2) is 0 Å². The van der Waals surface area contributed by atoms with Gasteiger partial charge in [-0.1, -0.05) is 20.8 Å². The summed E-state index contributed by atoms with van der Waals surface area (Å²) in [7, 11) is -3.25. The Hall–Kier alpha value is -0.170.